The Bertz CT molecular complexity index is 896. The Balaban J connectivity index is 1.82. The average molecular weight is 378 g/mol. The molecule has 6 nitrogen and oxygen atoms in total. The lowest BCUT2D eigenvalue weighted by Crippen LogP contribution is -2.41. The summed E-state index contributed by atoms with van der Waals surface area (Å²) >= 11 is 0. The molecule has 0 saturated carbocycles. The van der Waals surface area contributed by atoms with Crippen LogP contribution in [0.15, 0.2) is 53.4 Å². The van der Waals surface area contributed by atoms with E-state index in [1.807, 2.05) is 0 Å². The van der Waals surface area contributed by atoms with Crippen LogP contribution in [-0.4, -0.2) is 44.9 Å². The molecule has 2 aromatic carbocycles. The van der Waals surface area contributed by atoms with Crippen molar-refractivity contribution in [2.75, 3.05) is 26.3 Å². The molecule has 0 radical (unpaired) electrons. The molecule has 1 fully saturated rings. The number of carbonyl (C=O) groups excluding carboxylic acids is 1. The Morgan fingerprint density at radius 2 is 1.73 bits per heavy atom. The summed E-state index contributed by atoms with van der Waals surface area (Å²) in [5.41, 5.74) is 0.365. The Labute approximate surface area is 151 Å². The third-order valence-corrected chi connectivity index (χ3v) is 6.07. The first kappa shape index (κ1) is 18.5. The van der Waals surface area contributed by atoms with Crippen LogP contribution in [0.4, 0.5) is 4.39 Å². The van der Waals surface area contributed by atoms with Crippen LogP contribution in [0.3, 0.4) is 0 Å². The second kappa shape index (κ2) is 7.94. The Kier molecular flexibility index (Phi) is 5.65. The normalized spacial score (nSPS) is 15.6. The lowest BCUT2D eigenvalue weighted by molar-refractivity contribution is 0.0730. The predicted molar refractivity (Wildman–Crippen MR) is 93.6 cm³/mol. The molecule has 1 heterocycles. The predicted octanol–water partition coefficient (Wildman–Crippen LogP) is 1.78. The molecule has 1 aliphatic heterocycles. The van der Waals surface area contributed by atoms with Crippen molar-refractivity contribution < 1.29 is 22.3 Å². The van der Waals surface area contributed by atoms with Crippen LogP contribution < -0.4 is 5.32 Å². The van der Waals surface area contributed by atoms with Gasteiger partial charge in [0, 0.05) is 25.2 Å². The van der Waals surface area contributed by atoms with Gasteiger partial charge >= 0.3 is 0 Å². The van der Waals surface area contributed by atoms with E-state index in [4.69, 9.17) is 4.74 Å². The molecule has 0 aromatic heterocycles. The van der Waals surface area contributed by atoms with Gasteiger partial charge in [0.1, 0.15) is 5.82 Å². The number of carbonyl (C=O) groups is 1. The van der Waals surface area contributed by atoms with Crippen molar-refractivity contribution >= 4 is 15.9 Å². The van der Waals surface area contributed by atoms with Gasteiger partial charge in [0.25, 0.3) is 5.91 Å². The van der Waals surface area contributed by atoms with Gasteiger partial charge in [0.05, 0.1) is 23.7 Å². The van der Waals surface area contributed by atoms with Crippen molar-refractivity contribution in [3.05, 3.63) is 65.5 Å². The molecule has 1 aliphatic rings. The zero-order valence-corrected chi connectivity index (χ0v) is 14.8. The Morgan fingerprint density at radius 1 is 1.08 bits per heavy atom. The van der Waals surface area contributed by atoms with Crippen LogP contribution in [0.25, 0.3) is 0 Å². The minimum absolute atomic E-state index is 0.0303. The fourth-order valence-electron chi connectivity index (χ4n) is 2.72. The summed E-state index contributed by atoms with van der Waals surface area (Å²) in [6.07, 6.45) is 0. The molecule has 2 aromatic rings. The summed E-state index contributed by atoms with van der Waals surface area (Å²) in [6, 6.07) is 12.1. The van der Waals surface area contributed by atoms with Crippen LogP contribution in [0.5, 0.6) is 0 Å². The summed E-state index contributed by atoms with van der Waals surface area (Å²) in [4.78, 5) is 12.5. The van der Waals surface area contributed by atoms with Crippen LogP contribution >= 0.6 is 0 Å². The summed E-state index contributed by atoms with van der Waals surface area (Å²) in [5.74, 6) is -0.997. The topological polar surface area (TPSA) is 75.7 Å². The SMILES string of the molecule is O=C(NCc1ccccc1F)c1ccccc1S(=O)(=O)N1CCOCC1. The molecule has 1 N–H and O–H groups in total. The molecular formula is C18H19FN2O4S. The molecule has 26 heavy (non-hydrogen) atoms. The lowest BCUT2D eigenvalue weighted by Gasteiger charge is -2.26. The van der Waals surface area contributed by atoms with Gasteiger partial charge in [-0.25, -0.2) is 12.8 Å². The minimum atomic E-state index is -3.81. The molecule has 0 atom stereocenters. The van der Waals surface area contributed by atoms with Gasteiger partial charge in [-0.15, -0.1) is 0 Å². The maximum atomic E-state index is 13.7. The van der Waals surface area contributed by atoms with E-state index in [9.17, 15) is 17.6 Å². The molecule has 0 bridgehead atoms. The van der Waals surface area contributed by atoms with Crippen molar-refractivity contribution in [3.63, 3.8) is 0 Å². The maximum absolute atomic E-state index is 13.7. The molecular weight excluding hydrogens is 359 g/mol. The molecule has 8 heteroatoms. The molecule has 0 unspecified atom stereocenters. The molecule has 138 valence electrons. The monoisotopic (exact) mass is 378 g/mol. The summed E-state index contributed by atoms with van der Waals surface area (Å²) < 4.78 is 45.9. The first-order chi connectivity index (χ1) is 12.5. The standard InChI is InChI=1S/C18H19FN2O4S/c19-16-7-3-1-5-14(16)13-20-18(22)15-6-2-4-8-17(15)26(23,24)21-9-11-25-12-10-21/h1-8H,9-13H2,(H,20,22). The second-order valence-electron chi connectivity index (χ2n) is 5.79. The first-order valence-electron chi connectivity index (χ1n) is 8.18. The summed E-state index contributed by atoms with van der Waals surface area (Å²) in [5, 5.41) is 2.58. The van der Waals surface area contributed by atoms with E-state index in [0.29, 0.717) is 18.8 Å². The molecule has 3 rings (SSSR count). The number of hydrogen-bond acceptors (Lipinski definition) is 4. The van der Waals surface area contributed by atoms with Crippen molar-refractivity contribution in [1.82, 2.24) is 9.62 Å². The van der Waals surface area contributed by atoms with Crippen molar-refractivity contribution in [2.24, 2.45) is 0 Å². The molecule has 1 amide bonds. The van der Waals surface area contributed by atoms with Gasteiger partial charge in [-0.3, -0.25) is 4.79 Å². The summed E-state index contributed by atoms with van der Waals surface area (Å²) in [6.45, 7) is 1.10. The highest BCUT2D eigenvalue weighted by Gasteiger charge is 2.30. The van der Waals surface area contributed by atoms with Gasteiger partial charge in [-0.1, -0.05) is 30.3 Å². The second-order valence-corrected chi connectivity index (χ2v) is 7.69. The van der Waals surface area contributed by atoms with Gasteiger partial charge in [0.2, 0.25) is 10.0 Å². The zero-order chi connectivity index (χ0) is 18.6. The van der Waals surface area contributed by atoms with E-state index in [-0.39, 0.29) is 30.1 Å². The van der Waals surface area contributed by atoms with E-state index in [2.05, 4.69) is 5.32 Å². The molecule has 1 saturated heterocycles. The number of amides is 1. The zero-order valence-electron chi connectivity index (χ0n) is 14.0. The van der Waals surface area contributed by atoms with Crippen LogP contribution in [0.1, 0.15) is 15.9 Å². The number of halogens is 1. The minimum Gasteiger partial charge on any atom is -0.379 e. The number of morpholine rings is 1. The van der Waals surface area contributed by atoms with Gasteiger partial charge < -0.3 is 10.1 Å². The van der Waals surface area contributed by atoms with Gasteiger partial charge in [0.15, 0.2) is 0 Å². The third-order valence-electron chi connectivity index (χ3n) is 4.12. The molecule has 0 aliphatic carbocycles. The smallest absolute Gasteiger partial charge is 0.252 e. The van der Waals surface area contributed by atoms with Gasteiger partial charge in [-0.2, -0.15) is 4.31 Å². The van der Waals surface area contributed by atoms with E-state index >= 15 is 0 Å². The Morgan fingerprint density at radius 3 is 2.46 bits per heavy atom. The largest absolute Gasteiger partial charge is 0.379 e. The van der Waals surface area contributed by atoms with Crippen molar-refractivity contribution in [1.29, 1.82) is 0 Å². The number of rotatable bonds is 5. The number of sulfonamides is 1. The third kappa shape index (κ3) is 3.92. The molecule has 0 spiro atoms. The average Bonchev–Trinajstić information content (AvgIpc) is 2.68. The highest BCUT2D eigenvalue weighted by Crippen LogP contribution is 2.21. The van der Waals surface area contributed by atoms with Crippen LogP contribution in [0.2, 0.25) is 0 Å². The fourth-order valence-corrected chi connectivity index (χ4v) is 4.31. The van der Waals surface area contributed by atoms with E-state index in [1.54, 1.807) is 30.3 Å². The highest BCUT2D eigenvalue weighted by atomic mass is 32.2. The quantitative estimate of drug-likeness (QED) is 0.861. The number of nitrogens with zero attached hydrogens (tertiary/aromatic N) is 1. The van der Waals surface area contributed by atoms with E-state index in [0.717, 1.165) is 0 Å². The van der Waals surface area contributed by atoms with E-state index < -0.39 is 21.7 Å². The van der Waals surface area contributed by atoms with Crippen molar-refractivity contribution in [3.8, 4) is 0 Å². The number of benzene rings is 2. The number of ether oxygens (including phenoxy) is 1. The maximum Gasteiger partial charge on any atom is 0.252 e. The van der Waals surface area contributed by atoms with Gasteiger partial charge in [-0.05, 0) is 18.2 Å². The lowest BCUT2D eigenvalue weighted by atomic mass is 10.2. The number of nitrogens with one attached hydrogen (secondary N) is 1. The van der Waals surface area contributed by atoms with Crippen molar-refractivity contribution in [2.45, 2.75) is 11.4 Å². The van der Waals surface area contributed by atoms with Crippen LogP contribution in [0, 0.1) is 5.82 Å². The highest BCUT2D eigenvalue weighted by molar-refractivity contribution is 7.89. The summed E-state index contributed by atoms with van der Waals surface area (Å²) in [7, 11) is -3.81. The van der Waals surface area contributed by atoms with Crippen LogP contribution in [-0.2, 0) is 21.3 Å². The number of hydrogen-bond donors (Lipinski definition) is 1. The Hall–Kier alpha value is -2.29. The fraction of sp³-hybridized carbons (Fsp3) is 0.278. The van der Waals surface area contributed by atoms with E-state index in [1.165, 1.54) is 22.5 Å². The first-order valence-corrected chi connectivity index (χ1v) is 9.62.